The number of aromatic nitrogens is 2. The molecule has 0 aliphatic carbocycles. The van der Waals surface area contributed by atoms with Crippen LogP contribution < -0.4 is 25.3 Å². The van der Waals surface area contributed by atoms with E-state index >= 15 is 0 Å². The minimum atomic E-state index is -0.597. The number of amides is 1. The highest BCUT2D eigenvalue weighted by Crippen LogP contribution is 2.29. The van der Waals surface area contributed by atoms with Crippen molar-refractivity contribution in [3.63, 3.8) is 0 Å². The number of hydrogen-bond donors (Lipinski definition) is 1. The molecule has 5 rings (SSSR count). The van der Waals surface area contributed by atoms with Gasteiger partial charge in [0, 0.05) is 26.1 Å². The van der Waals surface area contributed by atoms with E-state index in [0.717, 1.165) is 22.6 Å². The van der Waals surface area contributed by atoms with E-state index in [-0.39, 0.29) is 12.5 Å². The van der Waals surface area contributed by atoms with E-state index in [1.807, 2.05) is 48.5 Å². The first-order chi connectivity index (χ1) is 18.5. The highest BCUT2D eigenvalue weighted by molar-refractivity contribution is 5.95. The first-order valence-electron chi connectivity index (χ1n) is 12.1. The number of carbonyl (C=O) groups excluding carboxylic acids is 1. The average Bonchev–Trinajstić information content (AvgIpc) is 3.32. The summed E-state index contributed by atoms with van der Waals surface area (Å²) in [7, 11) is 3.29. The molecule has 0 bridgehead atoms. The smallest absolute Gasteiger partial charge is 0.441 e. The molecule has 38 heavy (non-hydrogen) atoms. The minimum absolute atomic E-state index is 0.0377. The number of nitrogens with zero attached hydrogens (tertiary/aromatic N) is 3. The van der Waals surface area contributed by atoms with E-state index in [4.69, 9.17) is 18.6 Å². The Kier molecular flexibility index (Phi) is 7.41. The van der Waals surface area contributed by atoms with Crippen LogP contribution in [0.15, 0.2) is 75.9 Å². The Bertz CT molecular complexity index is 1410. The van der Waals surface area contributed by atoms with Crippen LogP contribution in [0.25, 0.3) is 5.69 Å². The predicted molar refractivity (Wildman–Crippen MR) is 140 cm³/mol. The lowest BCUT2D eigenvalue weighted by molar-refractivity contribution is -0.118. The molecular weight excluding hydrogens is 488 g/mol. The van der Waals surface area contributed by atoms with Gasteiger partial charge >= 0.3 is 5.76 Å². The molecule has 0 atom stereocenters. The van der Waals surface area contributed by atoms with Gasteiger partial charge in [-0.15, -0.1) is 5.10 Å². The predicted octanol–water partition coefficient (Wildman–Crippen LogP) is 3.42. The molecule has 3 aromatic carbocycles. The Morgan fingerprint density at radius 3 is 2.16 bits per heavy atom. The Morgan fingerprint density at radius 2 is 1.55 bits per heavy atom. The van der Waals surface area contributed by atoms with Gasteiger partial charge in [0.15, 0.2) is 6.61 Å². The van der Waals surface area contributed by atoms with Gasteiger partial charge in [-0.3, -0.25) is 9.69 Å². The molecule has 0 radical (unpaired) electrons. The molecule has 1 N–H and O–H groups in total. The van der Waals surface area contributed by atoms with Gasteiger partial charge in [-0.2, -0.15) is 4.68 Å². The topological polar surface area (TPSA) is 108 Å². The maximum atomic E-state index is 12.6. The number of ether oxygens (including phenoxy) is 3. The van der Waals surface area contributed by atoms with Crippen molar-refractivity contribution in [3.8, 4) is 22.9 Å². The lowest BCUT2D eigenvalue weighted by atomic mass is 10.1. The van der Waals surface area contributed by atoms with E-state index in [1.165, 1.54) is 4.68 Å². The molecule has 1 amide bonds. The van der Waals surface area contributed by atoms with Gasteiger partial charge in [0.1, 0.15) is 17.2 Å². The van der Waals surface area contributed by atoms with Crippen LogP contribution in [0.5, 0.6) is 17.2 Å². The first-order valence-corrected chi connectivity index (χ1v) is 12.1. The normalized spacial score (nSPS) is 12.6. The van der Waals surface area contributed by atoms with Crippen molar-refractivity contribution >= 4 is 11.6 Å². The first kappa shape index (κ1) is 25.1. The Balaban J connectivity index is 1.32. The van der Waals surface area contributed by atoms with Crippen molar-refractivity contribution in [2.45, 2.75) is 19.5 Å². The molecule has 1 aromatic heterocycles. The summed E-state index contributed by atoms with van der Waals surface area (Å²) >= 11 is 0. The van der Waals surface area contributed by atoms with E-state index in [2.05, 4.69) is 15.3 Å². The summed E-state index contributed by atoms with van der Waals surface area (Å²) in [6.07, 6.45) is 0.430. The number of nitrogens with one attached hydrogen (secondary N) is 1. The van der Waals surface area contributed by atoms with Gasteiger partial charge in [-0.25, -0.2) is 4.79 Å². The number of carbonyl (C=O) groups is 1. The van der Waals surface area contributed by atoms with Crippen LogP contribution in [0.2, 0.25) is 0 Å². The van der Waals surface area contributed by atoms with E-state index in [9.17, 15) is 9.59 Å². The maximum absolute atomic E-state index is 12.6. The van der Waals surface area contributed by atoms with Crippen molar-refractivity contribution in [3.05, 3.63) is 94.3 Å². The van der Waals surface area contributed by atoms with Crippen LogP contribution in [-0.4, -0.2) is 48.0 Å². The Morgan fingerprint density at radius 1 is 0.921 bits per heavy atom. The van der Waals surface area contributed by atoms with E-state index < -0.39 is 5.76 Å². The fourth-order valence-electron chi connectivity index (χ4n) is 4.23. The van der Waals surface area contributed by atoms with Crippen molar-refractivity contribution < 1.29 is 23.4 Å². The van der Waals surface area contributed by atoms with Crippen LogP contribution >= 0.6 is 0 Å². The number of anilines is 1. The monoisotopic (exact) mass is 516 g/mol. The highest BCUT2D eigenvalue weighted by Gasteiger charge is 2.19. The zero-order valence-electron chi connectivity index (χ0n) is 21.2. The molecule has 0 spiro atoms. The lowest BCUT2D eigenvalue weighted by Gasteiger charge is -2.22. The summed E-state index contributed by atoms with van der Waals surface area (Å²) < 4.78 is 22.6. The SMILES string of the molecule is COc1ccc(CN(CCc2nn(-c3ccc4c(c3)NC(=O)CO4)c(=O)o2)Cc2ccc(OC)cc2)cc1. The molecule has 1 aliphatic rings. The van der Waals surface area contributed by atoms with E-state index in [1.54, 1.807) is 32.4 Å². The third-order valence-electron chi connectivity index (χ3n) is 6.20. The summed E-state index contributed by atoms with van der Waals surface area (Å²) in [5.41, 5.74) is 3.22. The molecule has 0 saturated heterocycles. The largest absolute Gasteiger partial charge is 0.497 e. The van der Waals surface area contributed by atoms with Crippen LogP contribution in [0.4, 0.5) is 5.69 Å². The summed E-state index contributed by atoms with van der Waals surface area (Å²) in [5.74, 6) is 1.61. The fraction of sp³-hybridized carbons (Fsp3) is 0.250. The standard InChI is InChI=1S/C28H28N4O6/c1-35-22-8-3-19(4-9-22)16-31(17-20-5-10-23(36-2)11-6-20)14-13-27-30-32(28(34)38-27)21-7-12-25-24(15-21)29-26(33)18-37-25/h3-12,15H,13-14,16-18H2,1-2H3,(H,29,33). The maximum Gasteiger partial charge on any atom is 0.441 e. The van der Waals surface area contributed by atoms with Crippen molar-refractivity contribution in [2.75, 3.05) is 32.7 Å². The van der Waals surface area contributed by atoms with Crippen LogP contribution in [0, 0.1) is 0 Å². The molecule has 10 heteroatoms. The van der Waals surface area contributed by atoms with Gasteiger partial charge < -0.3 is 23.9 Å². The van der Waals surface area contributed by atoms with Gasteiger partial charge in [-0.1, -0.05) is 24.3 Å². The molecule has 196 valence electrons. The summed E-state index contributed by atoms with van der Waals surface area (Å²) in [6, 6.07) is 20.9. The number of fused-ring (bicyclic) bond motifs is 1. The molecule has 1 aliphatic heterocycles. The van der Waals surface area contributed by atoms with Crippen molar-refractivity contribution in [1.82, 2.24) is 14.7 Å². The zero-order chi connectivity index (χ0) is 26.5. The average molecular weight is 517 g/mol. The molecule has 0 fully saturated rings. The van der Waals surface area contributed by atoms with Crippen molar-refractivity contribution in [2.24, 2.45) is 0 Å². The second kappa shape index (κ2) is 11.2. The fourth-order valence-corrected chi connectivity index (χ4v) is 4.23. The third kappa shape index (κ3) is 5.87. The molecular formula is C28H28N4O6. The summed E-state index contributed by atoms with van der Waals surface area (Å²) in [6.45, 7) is 1.94. The summed E-state index contributed by atoms with van der Waals surface area (Å²) in [5, 5.41) is 7.14. The van der Waals surface area contributed by atoms with E-state index in [0.29, 0.717) is 49.1 Å². The van der Waals surface area contributed by atoms with Crippen LogP contribution in [0.3, 0.4) is 0 Å². The Labute approximate surface area is 219 Å². The molecule has 0 unspecified atom stereocenters. The number of benzene rings is 3. The second-order valence-electron chi connectivity index (χ2n) is 8.85. The number of hydrogen-bond acceptors (Lipinski definition) is 8. The number of methoxy groups -OCH3 is 2. The van der Waals surface area contributed by atoms with Crippen molar-refractivity contribution in [1.29, 1.82) is 0 Å². The molecule has 0 saturated carbocycles. The zero-order valence-corrected chi connectivity index (χ0v) is 21.2. The lowest BCUT2D eigenvalue weighted by Crippen LogP contribution is -2.25. The third-order valence-corrected chi connectivity index (χ3v) is 6.20. The quantitative estimate of drug-likeness (QED) is 0.342. The van der Waals surface area contributed by atoms with Gasteiger partial charge in [0.05, 0.1) is 25.6 Å². The van der Waals surface area contributed by atoms with Crippen LogP contribution in [0.1, 0.15) is 17.0 Å². The van der Waals surface area contributed by atoms with Gasteiger partial charge in [0.2, 0.25) is 5.89 Å². The number of rotatable bonds is 10. The van der Waals surface area contributed by atoms with Crippen LogP contribution in [-0.2, 0) is 24.3 Å². The molecule has 2 heterocycles. The summed E-state index contributed by atoms with van der Waals surface area (Å²) in [4.78, 5) is 26.5. The van der Waals surface area contributed by atoms with Gasteiger partial charge in [0.25, 0.3) is 5.91 Å². The highest BCUT2D eigenvalue weighted by atomic mass is 16.5. The van der Waals surface area contributed by atoms with Gasteiger partial charge in [-0.05, 0) is 53.6 Å². The molecule has 10 nitrogen and oxygen atoms in total. The second-order valence-corrected chi connectivity index (χ2v) is 8.85. The minimum Gasteiger partial charge on any atom is -0.497 e. The Hall–Kier alpha value is -4.57. The molecule has 4 aromatic rings.